The number of hydrogen-bond donors (Lipinski definition) is 0. The first-order chi connectivity index (χ1) is 9.61. The highest BCUT2D eigenvalue weighted by molar-refractivity contribution is 5.27. The summed E-state index contributed by atoms with van der Waals surface area (Å²) in [6.07, 6.45) is 4.99. The van der Waals surface area contributed by atoms with Crippen molar-refractivity contribution in [3.63, 3.8) is 0 Å². The zero-order chi connectivity index (χ0) is 14.8. The van der Waals surface area contributed by atoms with E-state index < -0.39 is 0 Å². The minimum atomic E-state index is 0.288. The molecule has 0 aliphatic rings. The largest absolute Gasteiger partial charge is 0.491 e. The molecule has 2 nitrogen and oxygen atoms in total. The Morgan fingerprint density at radius 1 is 1.00 bits per heavy atom. The van der Waals surface area contributed by atoms with Gasteiger partial charge >= 0.3 is 0 Å². The normalized spacial score (nSPS) is 12.7. The molecule has 0 fully saturated rings. The molecule has 0 radical (unpaired) electrons. The molecule has 1 atom stereocenters. The Bertz CT molecular complexity index is 343. The van der Waals surface area contributed by atoms with Gasteiger partial charge in [0.2, 0.25) is 0 Å². The molecule has 0 saturated heterocycles. The van der Waals surface area contributed by atoms with Crippen molar-refractivity contribution in [1.29, 1.82) is 0 Å². The Balaban J connectivity index is 2.29. The van der Waals surface area contributed by atoms with Gasteiger partial charge in [-0.25, -0.2) is 0 Å². The Labute approximate surface area is 124 Å². The molecule has 0 N–H and O–H groups in total. The highest BCUT2D eigenvalue weighted by atomic mass is 16.5. The fourth-order valence-corrected chi connectivity index (χ4v) is 2.10. The quantitative estimate of drug-likeness (QED) is 0.547. The van der Waals surface area contributed by atoms with Crippen LogP contribution >= 0.6 is 0 Å². The predicted octanol–water partition coefficient (Wildman–Crippen LogP) is 5.21. The van der Waals surface area contributed by atoms with Crippen LogP contribution in [-0.4, -0.2) is 12.7 Å². The third kappa shape index (κ3) is 7.54. The van der Waals surface area contributed by atoms with Crippen LogP contribution in [-0.2, 0) is 11.3 Å². The fourth-order valence-electron chi connectivity index (χ4n) is 2.10. The average molecular weight is 278 g/mol. The van der Waals surface area contributed by atoms with Crippen LogP contribution in [0, 0.1) is 5.92 Å². The highest BCUT2D eigenvalue weighted by Crippen LogP contribution is 2.17. The molecular formula is C18H30O2. The van der Waals surface area contributed by atoms with Gasteiger partial charge in [-0.15, -0.1) is 0 Å². The molecule has 0 spiro atoms. The minimum Gasteiger partial charge on any atom is -0.491 e. The van der Waals surface area contributed by atoms with Crippen LogP contribution in [0.1, 0.15) is 58.9 Å². The predicted molar refractivity (Wildman–Crippen MR) is 85.2 cm³/mol. The molecule has 0 bridgehead atoms. The molecule has 114 valence electrons. The standard InChI is InChI=1S/C18H30O2/c1-5-13-19-14-17-9-11-18(12-10-17)20-16(4)8-6-7-15(2)3/h9-12,15-16H,5-8,13-14H2,1-4H3. The molecule has 0 aliphatic heterocycles. The van der Waals surface area contributed by atoms with Gasteiger partial charge in [-0.3, -0.25) is 0 Å². The smallest absolute Gasteiger partial charge is 0.119 e. The number of benzene rings is 1. The monoisotopic (exact) mass is 278 g/mol. The SMILES string of the molecule is CCCOCc1ccc(OC(C)CCCC(C)C)cc1. The lowest BCUT2D eigenvalue weighted by molar-refractivity contribution is 0.121. The maximum absolute atomic E-state index is 5.94. The van der Waals surface area contributed by atoms with Gasteiger partial charge in [-0.05, 0) is 49.8 Å². The third-order valence-electron chi connectivity index (χ3n) is 3.27. The van der Waals surface area contributed by atoms with E-state index in [1.165, 1.54) is 18.4 Å². The van der Waals surface area contributed by atoms with E-state index >= 15 is 0 Å². The van der Waals surface area contributed by atoms with Crippen molar-refractivity contribution in [3.8, 4) is 5.75 Å². The molecule has 1 aromatic carbocycles. The summed E-state index contributed by atoms with van der Waals surface area (Å²) in [6, 6.07) is 8.27. The van der Waals surface area contributed by atoms with Crippen molar-refractivity contribution >= 4 is 0 Å². The number of ether oxygens (including phenoxy) is 2. The molecule has 1 unspecified atom stereocenters. The summed E-state index contributed by atoms with van der Waals surface area (Å²) in [7, 11) is 0. The first kappa shape index (κ1) is 17.0. The zero-order valence-electron chi connectivity index (χ0n) is 13.5. The molecule has 20 heavy (non-hydrogen) atoms. The summed E-state index contributed by atoms with van der Waals surface area (Å²) >= 11 is 0. The molecule has 1 aromatic rings. The van der Waals surface area contributed by atoms with Crippen LogP contribution in [0.25, 0.3) is 0 Å². The van der Waals surface area contributed by atoms with Crippen molar-refractivity contribution in [3.05, 3.63) is 29.8 Å². The minimum absolute atomic E-state index is 0.288. The lowest BCUT2D eigenvalue weighted by atomic mass is 10.0. The second-order valence-electron chi connectivity index (χ2n) is 5.95. The third-order valence-corrected chi connectivity index (χ3v) is 3.27. The van der Waals surface area contributed by atoms with E-state index in [4.69, 9.17) is 9.47 Å². The van der Waals surface area contributed by atoms with Gasteiger partial charge in [-0.2, -0.15) is 0 Å². The van der Waals surface area contributed by atoms with E-state index in [-0.39, 0.29) is 6.10 Å². The Hall–Kier alpha value is -1.02. The van der Waals surface area contributed by atoms with Gasteiger partial charge in [0.05, 0.1) is 12.7 Å². The van der Waals surface area contributed by atoms with E-state index in [0.717, 1.165) is 31.1 Å². The van der Waals surface area contributed by atoms with Crippen molar-refractivity contribution in [2.75, 3.05) is 6.61 Å². The van der Waals surface area contributed by atoms with Crippen molar-refractivity contribution < 1.29 is 9.47 Å². The molecule has 1 rings (SSSR count). The van der Waals surface area contributed by atoms with Crippen LogP contribution in [0.5, 0.6) is 5.75 Å². The molecule has 0 heterocycles. The lowest BCUT2D eigenvalue weighted by Gasteiger charge is -2.15. The van der Waals surface area contributed by atoms with Crippen molar-refractivity contribution in [2.45, 2.75) is 66.1 Å². The molecular weight excluding hydrogens is 248 g/mol. The summed E-state index contributed by atoms with van der Waals surface area (Å²) in [5, 5.41) is 0. The maximum Gasteiger partial charge on any atom is 0.119 e. The number of hydrogen-bond acceptors (Lipinski definition) is 2. The second-order valence-corrected chi connectivity index (χ2v) is 5.95. The van der Waals surface area contributed by atoms with Crippen molar-refractivity contribution in [2.24, 2.45) is 5.92 Å². The molecule has 0 aliphatic carbocycles. The zero-order valence-corrected chi connectivity index (χ0v) is 13.5. The summed E-state index contributed by atoms with van der Waals surface area (Å²) in [4.78, 5) is 0. The highest BCUT2D eigenvalue weighted by Gasteiger charge is 2.05. The van der Waals surface area contributed by atoms with Crippen LogP contribution in [0.2, 0.25) is 0 Å². The molecule has 0 amide bonds. The first-order valence-corrected chi connectivity index (χ1v) is 7.95. The van der Waals surface area contributed by atoms with Gasteiger partial charge in [-0.1, -0.05) is 39.3 Å². The topological polar surface area (TPSA) is 18.5 Å². The fraction of sp³-hybridized carbons (Fsp3) is 0.667. The van der Waals surface area contributed by atoms with Crippen LogP contribution < -0.4 is 4.74 Å². The van der Waals surface area contributed by atoms with E-state index in [2.05, 4.69) is 39.8 Å². The number of rotatable bonds is 10. The Morgan fingerprint density at radius 3 is 2.30 bits per heavy atom. The first-order valence-electron chi connectivity index (χ1n) is 7.95. The van der Waals surface area contributed by atoms with Crippen LogP contribution in [0.15, 0.2) is 24.3 Å². The summed E-state index contributed by atoms with van der Waals surface area (Å²) in [5.41, 5.74) is 1.21. The van der Waals surface area contributed by atoms with Gasteiger partial charge in [0.1, 0.15) is 5.75 Å². The van der Waals surface area contributed by atoms with Gasteiger partial charge in [0.25, 0.3) is 0 Å². The summed E-state index contributed by atoms with van der Waals surface area (Å²) < 4.78 is 11.5. The lowest BCUT2D eigenvalue weighted by Crippen LogP contribution is -2.11. The van der Waals surface area contributed by atoms with Crippen LogP contribution in [0.3, 0.4) is 0 Å². The van der Waals surface area contributed by atoms with E-state index in [1.807, 2.05) is 12.1 Å². The second kappa shape index (κ2) is 9.82. The Kier molecular flexibility index (Phi) is 8.36. The average Bonchev–Trinajstić information content (AvgIpc) is 2.40. The van der Waals surface area contributed by atoms with Gasteiger partial charge < -0.3 is 9.47 Å². The van der Waals surface area contributed by atoms with Crippen LogP contribution in [0.4, 0.5) is 0 Å². The summed E-state index contributed by atoms with van der Waals surface area (Å²) in [5.74, 6) is 1.74. The molecule has 0 saturated carbocycles. The van der Waals surface area contributed by atoms with E-state index in [1.54, 1.807) is 0 Å². The van der Waals surface area contributed by atoms with E-state index in [9.17, 15) is 0 Å². The van der Waals surface area contributed by atoms with Gasteiger partial charge in [0.15, 0.2) is 0 Å². The molecule has 0 aromatic heterocycles. The summed E-state index contributed by atoms with van der Waals surface area (Å²) in [6.45, 7) is 10.3. The maximum atomic E-state index is 5.94. The van der Waals surface area contributed by atoms with Crippen molar-refractivity contribution in [1.82, 2.24) is 0 Å². The van der Waals surface area contributed by atoms with Gasteiger partial charge in [0, 0.05) is 6.61 Å². The molecule has 2 heteroatoms. The van der Waals surface area contributed by atoms with E-state index in [0.29, 0.717) is 6.61 Å². The Morgan fingerprint density at radius 2 is 1.70 bits per heavy atom.